The number of benzene rings is 1. The molecule has 116 valence electrons. The molecule has 1 aromatic rings. The first-order valence-electron chi connectivity index (χ1n) is 6.34. The smallest absolute Gasteiger partial charge is 0.319 e. The van der Waals surface area contributed by atoms with Crippen molar-refractivity contribution in [3.05, 3.63) is 29.8 Å². The van der Waals surface area contributed by atoms with Crippen LogP contribution in [0.25, 0.3) is 0 Å². The van der Waals surface area contributed by atoms with Gasteiger partial charge in [-0.2, -0.15) is 0 Å². The summed E-state index contributed by atoms with van der Waals surface area (Å²) in [5, 5.41) is 13.5. The van der Waals surface area contributed by atoms with Crippen LogP contribution in [-0.4, -0.2) is 23.1 Å². The Kier molecular flexibility index (Phi) is 5.23. The van der Waals surface area contributed by atoms with Crippen LogP contribution >= 0.6 is 0 Å². The van der Waals surface area contributed by atoms with Crippen LogP contribution in [-0.2, 0) is 4.79 Å². The summed E-state index contributed by atoms with van der Waals surface area (Å²) in [5.41, 5.74) is -0.813. The third-order valence-electron chi connectivity index (χ3n) is 2.93. The molecule has 0 aliphatic carbocycles. The van der Waals surface area contributed by atoms with E-state index >= 15 is 0 Å². The summed E-state index contributed by atoms with van der Waals surface area (Å²) in [5.74, 6) is -3.31. The van der Waals surface area contributed by atoms with Gasteiger partial charge in [0.05, 0.1) is 12.1 Å². The highest BCUT2D eigenvalue weighted by Crippen LogP contribution is 2.22. The van der Waals surface area contributed by atoms with Crippen molar-refractivity contribution in [2.24, 2.45) is 5.41 Å². The molecule has 21 heavy (non-hydrogen) atoms. The van der Waals surface area contributed by atoms with Crippen LogP contribution in [0.4, 0.5) is 19.3 Å². The lowest BCUT2D eigenvalue weighted by molar-refractivity contribution is -0.138. The van der Waals surface area contributed by atoms with E-state index in [-0.39, 0.29) is 12.1 Å². The average molecular weight is 300 g/mol. The summed E-state index contributed by atoms with van der Waals surface area (Å²) in [6.07, 6.45) is -0.275. The van der Waals surface area contributed by atoms with Crippen molar-refractivity contribution in [2.75, 3.05) is 5.32 Å². The first-order chi connectivity index (χ1) is 9.61. The SMILES string of the molecule is CC(C)(C)C(CC(=O)O)NC(=O)Nc1cccc(F)c1F. The van der Waals surface area contributed by atoms with E-state index in [9.17, 15) is 18.4 Å². The number of hydrogen-bond donors (Lipinski definition) is 3. The number of halogens is 2. The molecule has 1 rings (SSSR count). The molecule has 1 unspecified atom stereocenters. The minimum atomic E-state index is -1.17. The highest BCUT2D eigenvalue weighted by Gasteiger charge is 2.28. The zero-order chi connectivity index (χ0) is 16.2. The maximum absolute atomic E-state index is 13.4. The molecule has 0 heterocycles. The summed E-state index contributed by atoms with van der Waals surface area (Å²) in [6.45, 7) is 5.30. The molecule has 0 aromatic heterocycles. The number of carboxylic acids is 1. The van der Waals surface area contributed by atoms with E-state index in [1.165, 1.54) is 12.1 Å². The normalized spacial score (nSPS) is 12.6. The molecule has 3 N–H and O–H groups in total. The quantitative estimate of drug-likeness (QED) is 0.800. The first-order valence-corrected chi connectivity index (χ1v) is 6.34. The van der Waals surface area contributed by atoms with Gasteiger partial charge >= 0.3 is 12.0 Å². The van der Waals surface area contributed by atoms with Crippen molar-refractivity contribution in [1.82, 2.24) is 5.32 Å². The van der Waals surface area contributed by atoms with Gasteiger partial charge in [0.15, 0.2) is 11.6 Å². The van der Waals surface area contributed by atoms with Crippen molar-refractivity contribution in [2.45, 2.75) is 33.2 Å². The molecular weight excluding hydrogens is 282 g/mol. The van der Waals surface area contributed by atoms with Gasteiger partial charge in [-0.1, -0.05) is 26.8 Å². The van der Waals surface area contributed by atoms with Crippen molar-refractivity contribution in [1.29, 1.82) is 0 Å². The Hall–Kier alpha value is -2.18. The van der Waals surface area contributed by atoms with Gasteiger partial charge in [0.1, 0.15) is 0 Å². The molecule has 5 nitrogen and oxygen atoms in total. The second-order valence-electron chi connectivity index (χ2n) is 5.72. The standard InChI is InChI=1S/C14H18F2N2O3/c1-14(2,3)10(7-11(19)20)18-13(21)17-9-6-4-5-8(15)12(9)16/h4-6,10H,7H2,1-3H3,(H,19,20)(H2,17,18,21). The molecule has 0 saturated carbocycles. The van der Waals surface area contributed by atoms with Gasteiger partial charge in [0, 0.05) is 6.04 Å². The van der Waals surface area contributed by atoms with E-state index in [0.29, 0.717) is 0 Å². The van der Waals surface area contributed by atoms with Gasteiger partial charge in [-0.3, -0.25) is 4.79 Å². The number of amides is 2. The van der Waals surface area contributed by atoms with Crippen molar-refractivity contribution < 1.29 is 23.5 Å². The molecule has 0 spiro atoms. The molecule has 0 aliphatic rings. The van der Waals surface area contributed by atoms with E-state index < -0.39 is 35.1 Å². The predicted octanol–water partition coefficient (Wildman–Crippen LogP) is 2.98. The minimum Gasteiger partial charge on any atom is -0.481 e. The Morgan fingerprint density at radius 2 is 1.90 bits per heavy atom. The second kappa shape index (κ2) is 6.51. The monoisotopic (exact) mass is 300 g/mol. The molecule has 0 radical (unpaired) electrons. The zero-order valence-electron chi connectivity index (χ0n) is 12.0. The fourth-order valence-electron chi connectivity index (χ4n) is 1.67. The van der Waals surface area contributed by atoms with E-state index in [0.717, 1.165) is 6.07 Å². The number of nitrogens with one attached hydrogen (secondary N) is 2. The molecule has 0 fully saturated rings. The fraction of sp³-hybridized carbons (Fsp3) is 0.429. The van der Waals surface area contributed by atoms with Gasteiger partial charge < -0.3 is 15.7 Å². The molecule has 2 amide bonds. The van der Waals surface area contributed by atoms with Gasteiger partial charge in [-0.05, 0) is 17.5 Å². The largest absolute Gasteiger partial charge is 0.481 e. The lowest BCUT2D eigenvalue weighted by atomic mass is 9.85. The number of carbonyl (C=O) groups is 2. The molecule has 1 aromatic carbocycles. The van der Waals surface area contributed by atoms with Crippen molar-refractivity contribution in [3.8, 4) is 0 Å². The maximum atomic E-state index is 13.4. The van der Waals surface area contributed by atoms with E-state index in [1.807, 2.05) is 0 Å². The van der Waals surface area contributed by atoms with Crippen molar-refractivity contribution in [3.63, 3.8) is 0 Å². The van der Waals surface area contributed by atoms with Crippen LogP contribution in [0.15, 0.2) is 18.2 Å². The Bertz CT molecular complexity index is 542. The number of carboxylic acid groups (broad SMARTS) is 1. The Morgan fingerprint density at radius 1 is 1.29 bits per heavy atom. The van der Waals surface area contributed by atoms with Gasteiger partial charge in [-0.25, -0.2) is 13.6 Å². The summed E-state index contributed by atoms with van der Waals surface area (Å²) < 4.78 is 26.5. The topological polar surface area (TPSA) is 78.4 Å². The summed E-state index contributed by atoms with van der Waals surface area (Å²) >= 11 is 0. The van der Waals surface area contributed by atoms with E-state index in [1.54, 1.807) is 20.8 Å². The van der Waals surface area contributed by atoms with Gasteiger partial charge in [0.2, 0.25) is 0 Å². The van der Waals surface area contributed by atoms with E-state index in [2.05, 4.69) is 10.6 Å². The minimum absolute atomic E-state index is 0.275. The molecular formula is C14H18F2N2O3. The predicted molar refractivity (Wildman–Crippen MR) is 74.0 cm³/mol. The number of urea groups is 1. The van der Waals surface area contributed by atoms with Crippen LogP contribution in [0.3, 0.4) is 0 Å². The number of hydrogen-bond acceptors (Lipinski definition) is 2. The maximum Gasteiger partial charge on any atom is 0.319 e. The highest BCUT2D eigenvalue weighted by atomic mass is 19.2. The van der Waals surface area contributed by atoms with Gasteiger partial charge in [0.25, 0.3) is 0 Å². The molecule has 0 bridgehead atoms. The van der Waals surface area contributed by atoms with Gasteiger partial charge in [-0.15, -0.1) is 0 Å². The zero-order valence-corrected chi connectivity index (χ0v) is 12.0. The average Bonchev–Trinajstić information content (AvgIpc) is 2.32. The third-order valence-corrected chi connectivity index (χ3v) is 2.93. The van der Waals surface area contributed by atoms with Crippen LogP contribution in [0, 0.1) is 17.0 Å². The summed E-state index contributed by atoms with van der Waals surface area (Å²) in [7, 11) is 0. The Labute approximate surface area is 121 Å². The second-order valence-corrected chi connectivity index (χ2v) is 5.72. The molecule has 0 saturated heterocycles. The van der Waals surface area contributed by atoms with Crippen LogP contribution in [0.5, 0.6) is 0 Å². The third kappa shape index (κ3) is 5.02. The first kappa shape index (κ1) is 16.9. The highest BCUT2D eigenvalue weighted by molar-refractivity contribution is 5.89. The summed E-state index contributed by atoms with van der Waals surface area (Å²) in [6, 6.07) is 1.95. The number of anilines is 1. The van der Waals surface area contributed by atoms with Crippen LogP contribution < -0.4 is 10.6 Å². The lowest BCUT2D eigenvalue weighted by Gasteiger charge is -2.30. The van der Waals surface area contributed by atoms with Crippen LogP contribution in [0.1, 0.15) is 27.2 Å². The molecule has 0 aliphatic heterocycles. The Morgan fingerprint density at radius 3 is 2.43 bits per heavy atom. The Balaban J connectivity index is 2.79. The van der Waals surface area contributed by atoms with Crippen LogP contribution in [0.2, 0.25) is 0 Å². The van der Waals surface area contributed by atoms with Crippen molar-refractivity contribution >= 4 is 17.7 Å². The lowest BCUT2D eigenvalue weighted by Crippen LogP contribution is -2.46. The summed E-state index contributed by atoms with van der Waals surface area (Å²) in [4.78, 5) is 22.6. The van der Waals surface area contributed by atoms with E-state index in [4.69, 9.17) is 5.11 Å². The fourth-order valence-corrected chi connectivity index (χ4v) is 1.67. The molecule has 7 heteroatoms. The number of aliphatic carboxylic acids is 1. The number of rotatable bonds is 4. The molecule has 1 atom stereocenters. The number of carbonyl (C=O) groups excluding carboxylic acids is 1.